The van der Waals surface area contributed by atoms with Crippen molar-refractivity contribution in [1.82, 2.24) is 0 Å². The normalized spacial score (nSPS) is 15.6. The Kier molecular flexibility index (Phi) is 13.1. The first-order chi connectivity index (χ1) is 24.8. The molecule has 56 heavy (non-hydrogen) atoms. The van der Waals surface area contributed by atoms with Crippen molar-refractivity contribution in [2.45, 2.75) is 105 Å². The Bertz CT molecular complexity index is 2200. The summed E-state index contributed by atoms with van der Waals surface area (Å²) in [5.41, 5.74) is 6.84. The molecule has 4 aromatic rings. The fourth-order valence-electron chi connectivity index (χ4n) is 8.14. The largest absolute Gasteiger partial charge is 1.00 e. The molecule has 0 saturated heterocycles. The molecular weight excluding hydrogens is 857 g/mol. The first-order valence-corrected chi connectivity index (χ1v) is 25.8. The van der Waals surface area contributed by atoms with Crippen molar-refractivity contribution in [3.63, 3.8) is 0 Å². The maximum absolute atomic E-state index is 14.5. The van der Waals surface area contributed by atoms with Crippen LogP contribution in [-0.2, 0) is 50.9 Å². The van der Waals surface area contributed by atoms with Crippen LogP contribution < -0.4 is 28.1 Å². The molecule has 1 unspecified atom stereocenters. The summed E-state index contributed by atoms with van der Waals surface area (Å²) in [5, 5.41) is 1.32. The number of benzene rings is 4. The van der Waals surface area contributed by atoms with Crippen molar-refractivity contribution in [3.8, 4) is 11.1 Å². The molecule has 0 heterocycles. The minimum atomic E-state index is -4.62. The molecule has 0 amide bonds. The van der Waals surface area contributed by atoms with Crippen molar-refractivity contribution in [3.05, 3.63) is 143 Å². The van der Waals surface area contributed by atoms with Crippen LogP contribution in [0.4, 0.5) is 26.3 Å². The van der Waals surface area contributed by atoms with Gasteiger partial charge in [-0.15, -0.1) is 0 Å². The van der Waals surface area contributed by atoms with Gasteiger partial charge in [0.05, 0.1) is 0 Å². The number of alkyl halides is 6. The van der Waals surface area contributed by atoms with E-state index in [-0.39, 0.29) is 41.6 Å². The fourth-order valence-corrected chi connectivity index (χ4v) is 19.3. The standard InChI is InChI=1S/C21H25.C15H8F6.C10H17Si.2ClH.Zr/c1-20(2,3)16-9-7-14-11-15-8-10-17(21(4,5)6)13-19(15)18(14)12-16;16-14(17,18)12-5-1-3-10(8-12)7-11-4-2-6-13(9-11)15(19,20)21;1-8-6-9(2)10(7-8)11(3,4)5;;;/h7,9-10,12-13H,11H2,1-6H3;1-6,8-9H;7-8H,1-5H3;2*1H;/q;;;;;+2/p-2. The van der Waals surface area contributed by atoms with Gasteiger partial charge in [-0.25, -0.2) is 0 Å². The van der Waals surface area contributed by atoms with Gasteiger partial charge in [-0.05, 0) is 0 Å². The zero-order valence-electron chi connectivity index (χ0n) is 33.9. The van der Waals surface area contributed by atoms with Crippen molar-refractivity contribution in [1.29, 1.82) is 0 Å². The molecule has 2 aliphatic rings. The molecule has 0 nitrogen and oxygen atoms in total. The number of fused-ring (bicyclic) bond motifs is 3. The fraction of sp³-hybridized carbons (Fsp3) is 0.370. The summed E-state index contributed by atoms with van der Waals surface area (Å²) >= 11 is -3.81. The average molecular weight is 907 g/mol. The van der Waals surface area contributed by atoms with E-state index in [4.69, 9.17) is 0 Å². The number of hydrogen-bond acceptors (Lipinski definition) is 0. The van der Waals surface area contributed by atoms with Crippen LogP contribution in [0.2, 0.25) is 19.6 Å². The molecule has 10 heteroatoms. The average Bonchev–Trinajstić information content (AvgIpc) is 3.57. The van der Waals surface area contributed by atoms with Crippen LogP contribution in [0.25, 0.3) is 11.1 Å². The second-order valence-electron chi connectivity index (χ2n) is 18.2. The molecule has 4 aromatic carbocycles. The molecular formula is C46H50Cl2F6SiZr. The topological polar surface area (TPSA) is 0 Å². The summed E-state index contributed by atoms with van der Waals surface area (Å²) in [4.78, 5) is 0. The van der Waals surface area contributed by atoms with Crippen molar-refractivity contribution in [2.24, 2.45) is 5.92 Å². The Labute approximate surface area is 349 Å². The summed E-state index contributed by atoms with van der Waals surface area (Å²) in [6.07, 6.45) is -6.25. The Morgan fingerprint density at radius 2 is 1.14 bits per heavy atom. The van der Waals surface area contributed by atoms with Gasteiger partial charge in [-0.1, -0.05) is 0 Å². The number of rotatable bonds is 5. The minimum Gasteiger partial charge on any atom is -1.00 e. The minimum absolute atomic E-state index is 0. The predicted molar refractivity (Wildman–Crippen MR) is 211 cm³/mol. The summed E-state index contributed by atoms with van der Waals surface area (Å²) in [6, 6.07) is 21.8. The Balaban J connectivity index is 0.00000348. The van der Waals surface area contributed by atoms with E-state index in [1.54, 1.807) is 12.1 Å². The molecule has 2 aliphatic carbocycles. The summed E-state index contributed by atoms with van der Waals surface area (Å²) < 4.78 is 89.8. The van der Waals surface area contributed by atoms with Gasteiger partial charge < -0.3 is 24.8 Å². The number of hydrogen-bond donors (Lipinski definition) is 0. The molecule has 0 aliphatic heterocycles. The summed E-state index contributed by atoms with van der Waals surface area (Å²) in [6.45, 7) is 24.3. The quantitative estimate of drug-likeness (QED) is 0.130. The van der Waals surface area contributed by atoms with Gasteiger partial charge in [0.1, 0.15) is 0 Å². The third-order valence-electron chi connectivity index (χ3n) is 11.0. The van der Waals surface area contributed by atoms with E-state index in [1.165, 1.54) is 42.9 Å². The molecule has 0 spiro atoms. The smallest absolute Gasteiger partial charge is 1.00 e. The van der Waals surface area contributed by atoms with Crippen molar-refractivity contribution < 1.29 is 72.4 Å². The first kappa shape index (κ1) is 46.2. The second kappa shape index (κ2) is 15.9. The molecule has 6 rings (SSSR count). The third kappa shape index (κ3) is 9.04. The zero-order valence-corrected chi connectivity index (χ0v) is 38.9. The zero-order chi connectivity index (χ0) is 39.9. The predicted octanol–water partition coefficient (Wildman–Crippen LogP) is 7.14. The maximum atomic E-state index is 14.5. The van der Waals surface area contributed by atoms with Gasteiger partial charge in [0.15, 0.2) is 0 Å². The van der Waals surface area contributed by atoms with Gasteiger partial charge in [0, 0.05) is 0 Å². The molecule has 0 fully saturated rings. The van der Waals surface area contributed by atoms with Crippen LogP contribution in [0.5, 0.6) is 0 Å². The van der Waals surface area contributed by atoms with Crippen LogP contribution in [0.1, 0.15) is 99.9 Å². The SMILES string of the molecule is CC1=[C]([Zr+2](=[C](c2cccc(C(F)(F)F)c2)c2cccc(C(F)(F)F)c2)[c]2cc(C(C)(C)C)cc3c2Cc2ccc(C(C)(C)C)cc2-3)C(C)C=C1[Si](C)(C)C.[Cl-].[Cl-]. The van der Waals surface area contributed by atoms with E-state index in [2.05, 4.69) is 111 Å². The van der Waals surface area contributed by atoms with Gasteiger partial charge >= 0.3 is 327 Å². The van der Waals surface area contributed by atoms with Gasteiger partial charge in [-0.3, -0.25) is 0 Å². The van der Waals surface area contributed by atoms with E-state index in [1.807, 2.05) is 0 Å². The third-order valence-corrected chi connectivity index (χ3v) is 21.6. The van der Waals surface area contributed by atoms with Crippen LogP contribution in [0.3, 0.4) is 0 Å². The van der Waals surface area contributed by atoms with E-state index in [0.29, 0.717) is 20.8 Å². The van der Waals surface area contributed by atoms with E-state index in [9.17, 15) is 26.3 Å². The van der Waals surface area contributed by atoms with Crippen molar-refractivity contribution in [2.75, 3.05) is 0 Å². The maximum Gasteiger partial charge on any atom is -1.00 e. The van der Waals surface area contributed by atoms with Crippen LogP contribution in [0.15, 0.2) is 99.0 Å². The van der Waals surface area contributed by atoms with Gasteiger partial charge in [0.2, 0.25) is 0 Å². The van der Waals surface area contributed by atoms with Crippen molar-refractivity contribution >= 4 is 14.6 Å². The van der Waals surface area contributed by atoms with E-state index >= 15 is 0 Å². The monoisotopic (exact) mass is 904 g/mol. The van der Waals surface area contributed by atoms with Crippen LogP contribution >= 0.6 is 0 Å². The molecule has 1 atom stereocenters. The van der Waals surface area contributed by atoms with E-state index in [0.717, 1.165) is 44.2 Å². The van der Waals surface area contributed by atoms with Gasteiger partial charge in [-0.2, -0.15) is 0 Å². The Morgan fingerprint density at radius 1 is 0.643 bits per heavy atom. The molecule has 0 aromatic heterocycles. The first-order valence-electron chi connectivity index (χ1n) is 18.6. The number of halogens is 8. The molecule has 298 valence electrons. The molecule has 0 N–H and O–H groups in total. The molecule has 0 saturated carbocycles. The molecule has 0 bridgehead atoms. The summed E-state index contributed by atoms with van der Waals surface area (Å²) in [7, 11) is -1.89. The van der Waals surface area contributed by atoms with E-state index < -0.39 is 52.8 Å². The summed E-state index contributed by atoms with van der Waals surface area (Å²) in [5.74, 6) is -0.0158. The van der Waals surface area contributed by atoms with Crippen LogP contribution in [-0.4, -0.2) is 11.3 Å². The number of allylic oxidation sites excluding steroid dienone is 4. The molecule has 0 radical (unpaired) electrons. The van der Waals surface area contributed by atoms with Gasteiger partial charge in [0.25, 0.3) is 0 Å². The van der Waals surface area contributed by atoms with Crippen LogP contribution in [0, 0.1) is 5.92 Å². The second-order valence-corrected chi connectivity index (χ2v) is 28.9. The Morgan fingerprint density at radius 3 is 1.59 bits per heavy atom. The Hall–Kier alpha value is -2.51.